The number of nitrogens with zero attached hydrogens (tertiary/aromatic N) is 1. The first-order chi connectivity index (χ1) is 8.21. The number of anilines is 1. The molecule has 1 aromatic carbocycles. The van der Waals surface area contributed by atoms with Crippen molar-refractivity contribution in [3.05, 3.63) is 23.8 Å². The van der Waals surface area contributed by atoms with Crippen LogP contribution >= 0.6 is 11.3 Å². The van der Waals surface area contributed by atoms with E-state index in [9.17, 15) is 5.11 Å². The summed E-state index contributed by atoms with van der Waals surface area (Å²) in [5.41, 5.74) is 7.75. The largest absolute Gasteiger partial charge is 0.396 e. The number of hydrogen-bond acceptors (Lipinski definition) is 5. The summed E-state index contributed by atoms with van der Waals surface area (Å²) in [5, 5.41) is 10.0. The number of fused-ring (bicyclic) bond motifs is 1. The van der Waals surface area contributed by atoms with E-state index >= 15 is 0 Å². The van der Waals surface area contributed by atoms with Crippen LogP contribution in [0.3, 0.4) is 0 Å². The summed E-state index contributed by atoms with van der Waals surface area (Å²) in [6.07, 6.45) is 0.844. The van der Waals surface area contributed by atoms with Gasteiger partial charge < -0.3 is 15.6 Å². The molecule has 3 rings (SSSR count). The molecular weight excluding hydrogens is 236 g/mol. The molecule has 0 bridgehead atoms. The first-order valence-electron chi connectivity index (χ1n) is 5.54. The van der Waals surface area contributed by atoms with Crippen molar-refractivity contribution in [3.63, 3.8) is 0 Å². The van der Waals surface area contributed by atoms with E-state index in [0.29, 0.717) is 18.3 Å². The SMILES string of the molecule is Nc1nc2ccc(CC3(CO)COC3)cc2s1. The molecule has 0 saturated carbocycles. The fourth-order valence-corrected chi connectivity index (χ4v) is 2.97. The smallest absolute Gasteiger partial charge is 0.181 e. The van der Waals surface area contributed by atoms with Crippen LogP contribution in [0.5, 0.6) is 0 Å². The molecule has 0 amide bonds. The summed E-state index contributed by atoms with van der Waals surface area (Å²) in [6, 6.07) is 6.15. The van der Waals surface area contributed by atoms with E-state index < -0.39 is 0 Å². The maximum atomic E-state index is 9.41. The highest BCUT2D eigenvalue weighted by molar-refractivity contribution is 7.22. The third-order valence-electron chi connectivity index (χ3n) is 3.20. The maximum absolute atomic E-state index is 9.41. The Hall–Kier alpha value is -1.17. The number of nitrogen functional groups attached to an aromatic ring is 1. The fourth-order valence-electron chi connectivity index (χ4n) is 2.17. The summed E-state index contributed by atoms with van der Waals surface area (Å²) in [6.45, 7) is 1.47. The van der Waals surface area contributed by atoms with Gasteiger partial charge in [-0.1, -0.05) is 17.4 Å². The van der Waals surface area contributed by atoms with Gasteiger partial charge in [-0.15, -0.1) is 0 Å². The molecule has 0 atom stereocenters. The number of aromatic nitrogens is 1. The molecule has 1 fully saturated rings. The van der Waals surface area contributed by atoms with E-state index in [1.54, 1.807) is 0 Å². The Kier molecular flexibility index (Phi) is 2.54. The highest BCUT2D eigenvalue weighted by Crippen LogP contribution is 2.33. The maximum Gasteiger partial charge on any atom is 0.181 e. The van der Waals surface area contributed by atoms with Gasteiger partial charge in [0.25, 0.3) is 0 Å². The molecule has 1 aliphatic heterocycles. The zero-order valence-electron chi connectivity index (χ0n) is 9.35. The molecule has 5 heteroatoms. The van der Waals surface area contributed by atoms with Gasteiger partial charge in [0.15, 0.2) is 5.13 Å². The van der Waals surface area contributed by atoms with Crippen molar-refractivity contribution in [2.75, 3.05) is 25.6 Å². The molecule has 4 nitrogen and oxygen atoms in total. The number of aliphatic hydroxyl groups excluding tert-OH is 1. The van der Waals surface area contributed by atoms with Crippen molar-refractivity contribution < 1.29 is 9.84 Å². The van der Waals surface area contributed by atoms with E-state index in [1.165, 1.54) is 16.9 Å². The van der Waals surface area contributed by atoms with Crippen molar-refractivity contribution in [2.45, 2.75) is 6.42 Å². The second-order valence-corrected chi connectivity index (χ2v) is 5.74. The number of ether oxygens (including phenoxy) is 1. The number of hydrogen-bond donors (Lipinski definition) is 2. The average molecular weight is 250 g/mol. The zero-order chi connectivity index (χ0) is 11.9. The van der Waals surface area contributed by atoms with Gasteiger partial charge >= 0.3 is 0 Å². The van der Waals surface area contributed by atoms with Gasteiger partial charge in [0.2, 0.25) is 0 Å². The molecule has 0 spiro atoms. The van der Waals surface area contributed by atoms with Gasteiger partial charge in [-0.2, -0.15) is 0 Å². The van der Waals surface area contributed by atoms with E-state index in [-0.39, 0.29) is 12.0 Å². The van der Waals surface area contributed by atoms with Crippen LogP contribution in [0, 0.1) is 5.41 Å². The summed E-state index contributed by atoms with van der Waals surface area (Å²) in [5.74, 6) is 0. The molecule has 1 aliphatic rings. The van der Waals surface area contributed by atoms with E-state index in [4.69, 9.17) is 10.5 Å². The topological polar surface area (TPSA) is 68.4 Å². The lowest BCUT2D eigenvalue weighted by atomic mass is 9.81. The molecule has 3 N–H and O–H groups in total. The van der Waals surface area contributed by atoms with E-state index in [1.807, 2.05) is 6.07 Å². The average Bonchev–Trinajstić information content (AvgIpc) is 2.63. The number of rotatable bonds is 3. The minimum absolute atomic E-state index is 0.0795. The molecule has 2 aromatic rings. The van der Waals surface area contributed by atoms with Gasteiger partial charge in [-0.3, -0.25) is 0 Å². The van der Waals surface area contributed by atoms with Crippen LogP contribution in [0.25, 0.3) is 10.2 Å². The van der Waals surface area contributed by atoms with Crippen molar-refractivity contribution in [1.29, 1.82) is 0 Å². The standard InChI is InChI=1S/C12H14N2O2S/c13-11-14-9-2-1-8(3-10(9)17-11)4-12(5-15)6-16-7-12/h1-3,15H,4-7H2,(H2,13,14). The third-order valence-corrected chi connectivity index (χ3v) is 4.05. The molecule has 2 heterocycles. The molecule has 1 aromatic heterocycles. The van der Waals surface area contributed by atoms with Crippen molar-refractivity contribution in [3.8, 4) is 0 Å². The zero-order valence-corrected chi connectivity index (χ0v) is 10.2. The molecule has 0 aliphatic carbocycles. The van der Waals surface area contributed by atoms with Gasteiger partial charge in [-0.25, -0.2) is 4.98 Å². The van der Waals surface area contributed by atoms with Gasteiger partial charge in [0, 0.05) is 5.41 Å². The Morgan fingerprint density at radius 1 is 1.47 bits per heavy atom. The van der Waals surface area contributed by atoms with Crippen molar-refractivity contribution in [1.82, 2.24) is 4.98 Å². The Morgan fingerprint density at radius 2 is 2.29 bits per heavy atom. The minimum atomic E-state index is -0.0795. The summed E-state index contributed by atoms with van der Waals surface area (Å²) in [4.78, 5) is 4.23. The number of thiazole rings is 1. The Balaban J connectivity index is 1.90. The van der Waals surface area contributed by atoms with Gasteiger partial charge in [0.05, 0.1) is 30.0 Å². The lowest BCUT2D eigenvalue weighted by Gasteiger charge is -2.40. The molecular formula is C12H14N2O2S. The first kappa shape index (κ1) is 11.0. The van der Waals surface area contributed by atoms with Crippen LogP contribution in [-0.4, -0.2) is 29.9 Å². The fraction of sp³-hybridized carbons (Fsp3) is 0.417. The molecule has 0 radical (unpaired) electrons. The predicted molar refractivity (Wildman–Crippen MR) is 68.1 cm³/mol. The number of benzene rings is 1. The Labute approximate surface area is 103 Å². The highest BCUT2D eigenvalue weighted by Gasteiger charge is 2.38. The quantitative estimate of drug-likeness (QED) is 0.864. The number of aliphatic hydroxyl groups is 1. The Bertz CT molecular complexity index is 543. The van der Waals surface area contributed by atoms with Crippen LogP contribution in [0.4, 0.5) is 5.13 Å². The first-order valence-corrected chi connectivity index (χ1v) is 6.36. The van der Waals surface area contributed by atoms with Gasteiger partial charge in [0.1, 0.15) is 0 Å². The molecule has 1 saturated heterocycles. The monoisotopic (exact) mass is 250 g/mol. The van der Waals surface area contributed by atoms with Crippen LogP contribution in [0.1, 0.15) is 5.56 Å². The van der Waals surface area contributed by atoms with Crippen LogP contribution in [0.2, 0.25) is 0 Å². The molecule has 0 unspecified atom stereocenters. The van der Waals surface area contributed by atoms with Crippen LogP contribution < -0.4 is 5.73 Å². The summed E-state index contributed by atoms with van der Waals surface area (Å²) < 4.78 is 6.31. The molecule has 90 valence electrons. The third kappa shape index (κ3) is 1.90. The van der Waals surface area contributed by atoms with Gasteiger partial charge in [-0.05, 0) is 24.1 Å². The minimum Gasteiger partial charge on any atom is -0.396 e. The van der Waals surface area contributed by atoms with E-state index in [2.05, 4.69) is 17.1 Å². The van der Waals surface area contributed by atoms with Crippen molar-refractivity contribution >= 4 is 26.7 Å². The lowest BCUT2D eigenvalue weighted by molar-refractivity contribution is -0.135. The van der Waals surface area contributed by atoms with Crippen LogP contribution in [0.15, 0.2) is 18.2 Å². The predicted octanol–water partition coefficient (Wildman–Crippen LogP) is 1.43. The number of nitrogens with two attached hydrogens (primary N) is 1. The normalized spacial score (nSPS) is 18.2. The second kappa shape index (κ2) is 3.94. The lowest BCUT2D eigenvalue weighted by Crippen LogP contribution is -2.47. The second-order valence-electron chi connectivity index (χ2n) is 4.68. The summed E-state index contributed by atoms with van der Waals surface area (Å²) in [7, 11) is 0. The molecule has 17 heavy (non-hydrogen) atoms. The Morgan fingerprint density at radius 3 is 2.94 bits per heavy atom. The van der Waals surface area contributed by atoms with E-state index in [0.717, 1.165) is 16.6 Å². The van der Waals surface area contributed by atoms with Crippen molar-refractivity contribution in [2.24, 2.45) is 5.41 Å². The van der Waals surface area contributed by atoms with Crippen LogP contribution in [-0.2, 0) is 11.2 Å². The highest BCUT2D eigenvalue weighted by atomic mass is 32.1. The summed E-state index contributed by atoms with van der Waals surface area (Å²) >= 11 is 1.50.